The number of amides is 1. The average Bonchev–Trinajstić information content (AvgIpc) is 3.02. The van der Waals surface area contributed by atoms with Gasteiger partial charge in [0.05, 0.1) is 35.1 Å². The van der Waals surface area contributed by atoms with Crippen molar-refractivity contribution < 1.29 is 19.2 Å². The third-order valence-electron chi connectivity index (χ3n) is 3.19. The summed E-state index contributed by atoms with van der Waals surface area (Å²) in [6.07, 6.45) is 0.101. The summed E-state index contributed by atoms with van der Waals surface area (Å²) >= 11 is 2.58. The quantitative estimate of drug-likeness (QED) is 0.316. The minimum absolute atomic E-state index is 0.0814. The van der Waals surface area contributed by atoms with Crippen LogP contribution in [0.25, 0.3) is 0 Å². The molecule has 1 N–H and O–H groups in total. The highest BCUT2D eigenvalue weighted by molar-refractivity contribution is 8.01. The molecule has 0 unspecified atom stereocenters. The second kappa shape index (κ2) is 9.30. The molecule has 2 aromatic rings. The van der Waals surface area contributed by atoms with Gasteiger partial charge in [0.2, 0.25) is 5.91 Å². The number of anilines is 1. The zero-order valence-electron chi connectivity index (χ0n) is 14.2. The second-order valence-corrected chi connectivity index (χ2v) is 7.26. The SMILES string of the molecule is CCOC(=O)Cc1csc(SCC(=O)Nc2cc([N+](=O)[O-])ccc2C)n1. The van der Waals surface area contributed by atoms with Crippen molar-refractivity contribution in [1.82, 2.24) is 4.98 Å². The summed E-state index contributed by atoms with van der Waals surface area (Å²) in [5.41, 5.74) is 1.67. The van der Waals surface area contributed by atoms with Gasteiger partial charge in [-0.2, -0.15) is 0 Å². The molecule has 10 heteroatoms. The number of rotatable bonds is 8. The van der Waals surface area contributed by atoms with Crippen LogP contribution in [0.5, 0.6) is 0 Å². The van der Waals surface area contributed by atoms with E-state index in [4.69, 9.17) is 4.74 Å². The van der Waals surface area contributed by atoms with Gasteiger partial charge in [-0.3, -0.25) is 19.7 Å². The van der Waals surface area contributed by atoms with Crippen LogP contribution in [0.1, 0.15) is 18.2 Å². The molecular weight excluding hydrogens is 378 g/mol. The Kier molecular flexibility index (Phi) is 7.10. The van der Waals surface area contributed by atoms with Gasteiger partial charge in [0.1, 0.15) is 0 Å². The Morgan fingerprint density at radius 2 is 2.19 bits per heavy atom. The summed E-state index contributed by atoms with van der Waals surface area (Å²) in [7, 11) is 0. The Bertz CT molecular complexity index is 822. The minimum Gasteiger partial charge on any atom is -0.466 e. The summed E-state index contributed by atoms with van der Waals surface area (Å²) in [6.45, 7) is 3.82. The molecule has 0 aliphatic carbocycles. The van der Waals surface area contributed by atoms with Gasteiger partial charge in [0, 0.05) is 17.5 Å². The summed E-state index contributed by atoms with van der Waals surface area (Å²) in [5.74, 6) is -0.525. The predicted octanol–water partition coefficient (Wildman–Crippen LogP) is 3.20. The number of esters is 1. The van der Waals surface area contributed by atoms with E-state index >= 15 is 0 Å². The number of aryl methyl sites for hydroxylation is 1. The zero-order valence-corrected chi connectivity index (χ0v) is 15.8. The van der Waals surface area contributed by atoms with Crippen molar-refractivity contribution >= 4 is 46.3 Å². The fourth-order valence-electron chi connectivity index (χ4n) is 1.97. The molecule has 2 rings (SSSR count). The second-order valence-electron chi connectivity index (χ2n) is 5.18. The Morgan fingerprint density at radius 1 is 1.42 bits per heavy atom. The number of carbonyl (C=O) groups excluding carboxylic acids is 2. The Labute approximate surface area is 158 Å². The van der Waals surface area contributed by atoms with Crippen LogP contribution in [-0.2, 0) is 20.7 Å². The number of ether oxygens (including phenoxy) is 1. The van der Waals surface area contributed by atoms with E-state index in [2.05, 4.69) is 10.3 Å². The first-order valence-corrected chi connectivity index (χ1v) is 9.53. The lowest BCUT2D eigenvalue weighted by atomic mass is 10.2. The van der Waals surface area contributed by atoms with Crippen molar-refractivity contribution in [2.45, 2.75) is 24.6 Å². The minimum atomic E-state index is -0.509. The van der Waals surface area contributed by atoms with Gasteiger partial charge in [-0.25, -0.2) is 4.98 Å². The van der Waals surface area contributed by atoms with Gasteiger partial charge in [0.25, 0.3) is 5.69 Å². The van der Waals surface area contributed by atoms with Crippen LogP contribution < -0.4 is 5.32 Å². The summed E-state index contributed by atoms with van der Waals surface area (Å²) in [5, 5.41) is 15.3. The van der Waals surface area contributed by atoms with Crippen molar-refractivity contribution in [3.63, 3.8) is 0 Å². The Balaban J connectivity index is 1.89. The van der Waals surface area contributed by atoms with E-state index in [1.165, 1.54) is 35.2 Å². The lowest BCUT2D eigenvalue weighted by molar-refractivity contribution is -0.384. The molecule has 26 heavy (non-hydrogen) atoms. The molecule has 1 heterocycles. The van der Waals surface area contributed by atoms with Gasteiger partial charge < -0.3 is 10.1 Å². The van der Waals surface area contributed by atoms with Crippen LogP contribution in [0.15, 0.2) is 27.9 Å². The number of thioether (sulfide) groups is 1. The summed E-state index contributed by atoms with van der Waals surface area (Å²) in [4.78, 5) is 38.1. The van der Waals surface area contributed by atoms with Crippen LogP contribution in [0.4, 0.5) is 11.4 Å². The number of non-ortho nitro benzene ring substituents is 1. The number of nitrogens with one attached hydrogen (secondary N) is 1. The van der Waals surface area contributed by atoms with E-state index in [0.29, 0.717) is 22.3 Å². The molecule has 0 aliphatic rings. The van der Waals surface area contributed by atoms with Crippen LogP contribution in [-0.4, -0.2) is 34.1 Å². The van der Waals surface area contributed by atoms with Crippen LogP contribution in [0, 0.1) is 17.0 Å². The fourth-order valence-corrected chi connectivity index (χ4v) is 3.61. The van der Waals surface area contributed by atoms with E-state index in [0.717, 1.165) is 5.56 Å². The molecule has 1 aromatic heterocycles. The molecule has 0 radical (unpaired) electrons. The summed E-state index contributed by atoms with van der Waals surface area (Å²) < 4.78 is 5.53. The van der Waals surface area contributed by atoms with E-state index in [1.54, 1.807) is 25.3 Å². The molecule has 0 saturated carbocycles. The summed E-state index contributed by atoms with van der Waals surface area (Å²) in [6, 6.07) is 4.31. The predicted molar refractivity (Wildman–Crippen MR) is 99.6 cm³/mol. The standard InChI is InChI=1S/C16H17N3O5S2/c1-3-24-15(21)6-11-8-25-16(17-11)26-9-14(20)18-13-7-12(19(22)23)5-4-10(13)2/h4-5,7-8H,3,6,9H2,1-2H3,(H,18,20). The monoisotopic (exact) mass is 395 g/mol. The first kappa shape index (κ1) is 19.9. The largest absolute Gasteiger partial charge is 0.466 e. The molecule has 0 aliphatic heterocycles. The number of benzene rings is 1. The fraction of sp³-hybridized carbons (Fsp3) is 0.312. The highest BCUT2D eigenvalue weighted by Crippen LogP contribution is 2.25. The van der Waals surface area contributed by atoms with E-state index in [1.807, 2.05) is 0 Å². The van der Waals surface area contributed by atoms with Gasteiger partial charge in [0.15, 0.2) is 4.34 Å². The molecule has 0 bridgehead atoms. The van der Waals surface area contributed by atoms with E-state index in [9.17, 15) is 19.7 Å². The molecule has 138 valence electrons. The number of carbonyl (C=O) groups is 2. The molecule has 0 saturated heterocycles. The third kappa shape index (κ3) is 5.81. The van der Waals surface area contributed by atoms with Crippen LogP contribution in [0.2, 0.25) is 0 Å². The average molecular weight is 395 g/mol. The van der Waals surface area contributed by atoms with Crippen LogP contribution in [0.3, 0.4) is 0 Å². The van der Waals surface area contributed by atoms with E-state index < -0.39 is 4.92 Å². The normalized spacial score (nSPS) is 10.4. The van der Waals surface area contributed by atoms with Gasteiger partial charge in [-0.15, -0.1) is 11.3 Å². The molecule has 1 amide bonds. The molecule has 0 spiro atoms. The number of hydrogen-bond acceptors (Lipinski definition) is 8. The lowest BCUT2D eigenvalue weighted by Crippen LogP contribution is -2.15. The van der Waals surface area contributed by atoms with Crippen LogP contribution >= 0.6 is 23.1 Å². The highest BCUT2D eigenvalue weighted by Gasteiger charge is 2.13. The van der Waals surface area contributed by atoms with Crippen molar-refractivity contribution in [3.8, 4) is 0 Å². The lowest BCUT2D eigenvalue weighted by Gasteiger charge is -2.07. The molecule has 0 fully saturated rings. The Hall–Kier alpha value is -2.46. The number of nitro groups is 1. The van der Waals surface area contributed by atoms with Gasteiger partial charge >= 0.3 is 5.97 Å². The van der Waals surface area contributed by atoms with Gasteiger partial charge in [-0.1, -0.05) is 17.8 Å². The maximum absolute atomic E-state index is 12.1. The number of thiazole rings is 1. The molecular formula is C16H17N3O5S2. The van der Waals surface area contributed by atoms with Crippen molar-refractivity contribution in [2.75, 3.05) is 17.7 Å². The van der Waals surface area contributed by atoms with E-state index in [-0.39, 0.29) is 29.7 Å². The van der Waals surface area contributed by atoms with Gasteiger partial charge in [-0.05, 0) is 19.4 Å². The maximum atomic E-state index is 12.1. The molecule has 8 nitrogen and oxygen atoms in total. The first-order valence-electron chi connectivity index (χ1n) is 7.66. The van der Waals surface area contributed by atoms with Crippen molar-refractivity contribution in [1.29, 1.82) is 0 Å². The number of nitro benzene ring substituents is 1. The number of nitrogens with zero attached hydrogens (tertiary/aromatic N) is 2. The third-order valence-corrected chi connectivity index (χ3v) is 5.26. The highest BCUT2D eigenvalue weighted by atomic mass is 32.2. The van der Waals surface area contributed by atoms with Crippen molar-refractivity contribution in [2.24, 2.45) is 0 Å². The Morgan fingerprint density at radius 3 is 2.88 bits per heavy atom. The first-order chi connectivity index (χ1) is 12.4. The number of aromatic nitrogens is 1. The zero-order chi connectivity index (χ0) is 19.1. The van der Waals surface area contributed by atoms with Crippen molar-refractivity contribution in [3.05, 3.63) is 45.0 Å². The smallest absolute Gasteiger partial charge is 0.311 e. The maximum Gasteiger partial charge on any atom is 0.311 e. The molecule has 1 aromatic carbocycles. The number of hydrogen-bond donors (Lipinski definition) is 1. The molecule has 0 atom stereocenters. The topological polar surface area (TPSA) is 111 Å².